The van der Waals surface area contributed by atoms with Crippen LogP contribution in [0, 0.1) is 0 Å². The summed E-state index contributed by atoms with van der Waals surface area (Å²) in [5.41, 5.74) is 1.43. The van der Waals surface area contributed by atoms with Crippen molar-refractivity contribution >= 4 is 33.4 Å². The van der Waals surface area contributed by atoms with Gasteiger partial charge in [-0.3, -0.25) is 4.79 Å². The molecule has 0 radical (unpaired) electrons. The smallest absolute Gasteiger partial charge is 0.243 e. The number of amides is 1. The number of thioether (sulfide) groups is 1. The molecule has 0 spiro atoms. The lowest BCUT2D eigenvalue weighted by molar-refractivity contribution is -0.116. The van der Waals surface area contributed by atoms with Gasteiger partial charge >= 0.3 is 0 Å². The maximum Gasteiger partial charge on any atom is 0.243 e. The highest BCUT2D eigenvalue weighted by Gasteiger charge is 2.30. The summed E-state index contributed by atoms with van der Waals surface area (Å²) in [7, 11) is -3.47. The molecular formula is C20H28N6O3S2. The van der Waals surface area contributed by atoms with Crippen molar-refractivity contribution in [2.75, 3.05) is 30.3 Å². The molecule has 0 bridgehead atoms. The largest absolute Gasteiger partial charge is 0.311 e. The highest BCUT2D eigenvalue weighted by atomic mass is 32.2. The minimum Gasteiger partial charge on any atom is -0.311 e. The number of hydrogen-bond acceptors (Lipinski definition) is 7. The Balaban J connectivity index is 1.51. The molecular weight excluding hydrogens is 436 g/mol. The standard InChI is InChI=1S/C20H28N6O3S2/c1-20(2,3)26-19(21-22-23-26)30-14-18(27)25-12-6-7-15-13-16(8-9-17(15)25)31(28,29)24-10-4-5-11-24/h8-9,13H,4-7,10-12,14H2,1-3H3. The van der Waals surface area contributed by atoms with E-state index in [1.54, 1.807) is 32.1 Å². The van der Waals surface area contributed by atoms with Crippen molar-refractivity contribution in [3.8, 4) is 0 Å². The molecule has 2 aliphatic rings. The van der Waals surface area contributed by atoms with Crippen LogP contribution in [0.3, 0.4) is 0 Å². The lowest BCUT2D eigenvalue weighted by Crippen LogP contribution is -2.37. The number of fused-ring (bicyclic) bond motifs is 1. The first-order valence-corrected chi connectivity index (χ1v) is 13.0. The molecule has 11 heteroatoms. The van der Waals surface area contributed by atoms with Gasteiger partial charge in [0.2, 0.25) is 21.1 Å². The Labute approximate surface area is 187 Å². The molecule has 1 aromatic heterocycles. The van der Waals surface area contributed by atoms with Crippen LogP contribution in [0.15, 0.2) is 28.3 Å². The zero-order valence-electron chi connectivity index (χ0n) is 18.1. The Kier molecular flexibility index (Phi) is 6.10. The Hall–Kier alpha value is -1.98. The van der Waals surface area contributed by atoms with E-state index in [0.29, 0.717) is 29.7 Å². The van der Waals surface area contributed by atoms with E-state index < -0.39 is 10.0 Å². The van der Waals surface area contributed by atoms with Crippen molar-refractivity contribution < 1.29 is 13.2 Å². The lowest BCUT2D eigenvalue weighted by Gasteiger charge is -2.30. The van der Waals surface area contributed by atoms with E-state index in [1.165, 1.54) is 11.8 Å². The normalized spacial score (nSPS) is 17.7. The molecule has 9 nitrogen and oxygen atoms in total. The summed E-state index contributed by atoms with van der Waals surface area (Å²) < 4.78 is 29.1. The van der Waals surface area contributed by atoms with Gasteiger partial charge in [-0.25, -0.2) is 13.1 Å². The number of aromatic nitrogens is 4. The number of benzene rings is 1. The number of carbonyl (C=O) groups excluding carboxylic acids is 1. The maximum absolute atomic E-state index is 13.0. The zero-order valence-corrected chi connectivity index (χ0v) is 19.7. The number of anilines is 1. The molecule has 0 saturated carbocycles. The van der Waals surface area contributed by atoms with Crippen molar-refractivity contribution in [2.24, 2.45) is 0 Å². The fraction of sp³-hybridized carbons (Fsp3) is 0.600. The van der Waals surface area contributed by atoms with Crippen molar-refractivity contribution in [3.63, 3.8) is 0 Å². The number of sulfonamides is 1. The molecule has 1 amide bonds. The van der Waals surface area contributed by atoms with Gasteiger partial charge in [-0.15, -0.1) is 5.10 Å². The van der Waals surface area contributed by atoms with Crippen LogP contribution >= 0.6 is 11.8 Å². The Morgan fingerprint density at radius 3 is 2.58 bits per heavy atom. The van der Waals surface area contributed by atoms with Gasteiger partial charge in [-0.1, -0.05) is 11.8 Å². The monoisotopic (exact) mass is 464 g/mol. The Morgan fingerprint density at radius 1 is 1.13 bits per heavy atom. The molecule has 31 heavy (non-hydrogen) atoms. The van der Waals surface area contributed by atoms with Crippen molar-refractivity contribution in [1.82, 2.24) is 24.5 Å². The number of aryl methyl sites for hydroxylation is 1. The highest BCUT2D eigenvalue weighted by molar-refractivity contribution is 7.99. The second-order valence-electron chi connectivity index (χ2n) is 8.88. The summed E-state index contributed by atoms with van der Waals surface area (Å²) in [5.74, 6) is 0.175. The summed E-state index contributed by atoms with van der Waals surface area (Å²) in [5, 5.41) is 12.4. The van der Waals surface area contributed by atoms with Gasteiger partial charge in [0.05, 0.1) is 16.2 Å². The molecule has 3 heterocycles. The third kappa shape index (κ3) is 4.49. The first kappa shape index (κ1) is 22.2. The van der Waals surface area contributed by atoms with Crippen molar-refractivity contribution in [2.45, 2.75) is 62.0 Å². The number of carbonyl (C=O) groups is 1. The first-order valence-electron chi connectivity index (χ1n) is 10.5. The molecule has 168 valence electrons. The van der Waals surface area contributed by atoms with Crippen LogP contribution in [-0.4, -0.2) is 64.2 Å². The van der Waals surface area contributed by atoms with E-state index in [0.717, 1.165) is 36.9 Å². The number of tetrazole rings is 1. The third-order valence-corrected chi connectivity index (χ3v) is 8.37. The van der Waals surface area contributed by atoms with Crippen LogP contribution in [0.25, 0.3) is 0 Å². The second-order valence-corrected chi connectivity index (χ2v) is 11.8. The predicted molar refractivity (Wildman–Crippen MR) is 119 cm³/mol. The molecule has 0 unspecified atom stereocenters. The van der Waals surface area contributed by atoms with Crippen LogP contribution in [0.1, 0.15) is 45.6 Å². The fourth-order valence-electron chi connectivity index (χ4n) is 3.96. The van der Waals surface area contributed by atoms with Gasteiger partial charge in [0.25, 0.3) is 0 Å². The Morgan fingerprint density at radius 2 is 1.87 bits per heavy atom. The van der Waals surface area contributed by atoms with E-state index in [-0.39, 0.29) is 17.2 Å². The van der Waals surface area contributed by atoms with Gasteiger partial charge < -0.3 is 4.90 Å². The molecule has 0 aliphatic carbocycles. The Bertz CT molecular complexity index is 1070. The average Bonchev–Trinajstić information content (AvgIpc) is 3.43. The fourth-order valence-corrected chi connectivity index (χ4v) is 6.47. The third-order valence-electron chi connectivity index (χ3n) is 5.57. The average molecular weight is 465 g/mol. The van der Waals surface area contributed by atoms with E-state index in [1.807, 2.05) is 20.8 Å². The van der Waals surface area contributed by atoms with E-state index in [9.17, 15) is 13.2 Å². The van der Waals surface area contributed by atoms with Crippen LogP contribution in [0.2, 0.25) is 0 Å². The van der Waals surface area contributed by atoms with Crippen molar-refractivity contribution in [3.05, 3.63) is 23.8 Å². The van der Waals surface area contributed by atoms with Crippen LogP contribution in [-0.2, 0) is 26.8 Å². The lowest BCUT2D eigenvalue weighted by atomic mass is 10.0. The molecule has 2 aliphatic heterocycles. The predicted octanol–water partition coefficient (Wildman–Crippen LogP) is 2.28. The van der Waals surface area contributed by atoms with Gasteiger partial charge in [0, 0.05) is 25.3 Å². The number of hydrogen-bond donors (Lipinski definition) is 0. The molecule has 2 aromatic rings. The quantitative estimate of drug-likeness (QED) is 0.626. The van der Waals surface area contributed by atoms with Gasteiger partial charge in [0.15, 0.2) is 0 Å². The summed E-state index contributed by atoms with van der Waals surface area (Å²) in [4.78, 5) is 15.1. The molecule has 0 N–H and O–H groups in total. The van der Waals surface area contributed by atoms with E-state index in [2.05, 4.69) is 15.5 Å². The van der Waals surface area contributed by atoms with Crippen LogP contribution in [0.5, 0.6) is 0 Å². The molecule has 0 atom stereocenters. The van der Waals surface area contributed by atoms with Crippen LogP contribution in [0.4, 0.5) is 5.69 Å². The van der Waals surface area contributed by atoms with Gasteiger partial charge in [-0.2, -0.15) is 4.31 Å². The number of nitrogens with zero attached hydrogens (tertiary/aromatic N) is 6. The first-order chi connectivity index (χ1) is 14.7. The summed E-state index contributed by atoms with van der Waals surface area (Å²) in [6.07, 6.45) is 3.37. The number of rotatable bonds is 5. The minimum atomic E-state index is -3.47. The van der Waals surface area contributed by atoms with E-state index in [4.69, 9.17) is 0 Å². The van der Waals surface area contributed by atoms with Gasteiger partial charge in [0.1, 0.15) is 0 Å². The second kappa shape index (κ2) is 8.51. The molecule has 1 saturated heterocycles. The van der Waals surface area contributed by atoms with Crippen LogP contribution < -0.4 is 4.90 Å². The maximum atomic E-state index is 13.0. The SMILES string of the molecule is CC(C)(C)n1nnnc1SCC(=O)N1CCCc2cc(S(=O)(=O)N3CCCC3)ccc21. The summed E-state index contributed by atoms with van der Waals surface area (Å²) >= 11 is 1.31. The minimum absolute atomic E-state index is 0.0374. The zero-order chi connectivity index (χ0) is 22.2. The van der Waals surface area contributed by atoms with E-state index >= 15 is 0 Å². The summed E-state index contributed by atoms with van der Waals surface area (Å²) in [6.45, 7) is 7.79. The highest BCUT2D eigenvalue weighted by Crippen LogP contribution is 2.32. The van der Waals surface area contributed by atoms with Crippen molar-refractivity contribution in [1.29, 1.82) is 0 Å². The molecule has 1 fully saturated rings. The molecule has 4 rings (SSSR count). The topological polar surface area (TPSA) is 101 Å². The summed E-state index contributed by atoms with van der Waals surface area (Å²) in [6, 6.07) is 5.15. The molecule has 1 aromatic carbocycles. The van der Waals surface area contributed by atoms with Gasteiger partial charge in [-0.05, 0) is 80.6 Å².